The fourth-order valence-corrected chi connectivity index (χ4v) is 1.60. The van der Waals surface area contributed by atoms with E-state index in [1.807, 2.05) is 6.92 Å². The molecular weight excluding hydrogens is 195 g/mol. The maximum atomic E-state index is 13.1. The Bertz CT molecular complexity index is 548. The molecule has 0 saturated heterocycles. The third-order valence-electron chi connectivity index (χ3n) is 2.28. The van der Waals surface area contributed by atoms with Crippen molar-refractivity contribution in [1.82, 2.24) is 9.55 Å². The lowest BCUT2D eigenvalue weighted by Crippen LogP contribution is -2.22. The van der Waals surface area contributed by atoms with Gasteiger partial charge < -0.3 is 0 Å². The van der Waals surface area contributed by atoms with Crippen LogP contribution >= 0.6 is 0 Å². The van der Waals surface area contributed by atoms with Gasteiger partial charge in [-0.15, -0.1) is 0 Å². The van der Waals surface area contributed by atoms with Crippen LogP contribution in [0, 0.1) is 5.82 Å². The van der Waals surface area contributed by atoms with E-state index >= 15 is 0 Å². The van der Waals surface area contributed by atoms with Crippen molar-refractivity contribution in [3.8, 4) is 0 Å². The van der Waals surface area contributed by atoms with Crippen LogP contribution in [0.1, 0.15) is 13.3 Å². The second-order valence-corrected chi connectivity index (χ2v) is 3.40. The van der Waals surface area contributed by atoms with E-state index in [4.69, 9.17) is 0 Å². The molecule has 0 spiro atoms. The first kappa shape index (κ1) is 9.83. The van der Waals surface area contributed by atoms with E-state index < -0.39 is 0 Å². The molecule has 0 amide bonds. The minimum Gasteiger partial charge on any atom is -0.292 e. The van der Waals surface area contributed by atoms with Crippen molar-refractivity contribution in [2.24, 2.45) is 0 Å². The molecule has 0 aliphatic rings. The topological polar surface area (TPSA) is 34.9 Å². The Morgan fingerprint density at radius 3 is 3.00 bits per heavy atom. The Hall–Kier alpha value is -1.71. The summed E-state index contributed by atoms with van der Waals surface area (Å²) in [4.78, 5) is 15.2. The first-order valence-electron chi connectivity index (χ1n) is 4.87. The van der Waals surface area contributed by atoms with Gasteiger partial charge >= 0.3 is 5.69 Å². The highest BCUT2D eigenvalue weighted by molar-refractivity contribution is 5.77. The van der Waals surface area contributed by atoms with Crippen molar-refractivity contribution < 1.29 is 4.39 Å². The van der Waals surface area contributed by atoms with Crippen LogP contribution in [0.15, 0.2) is 29.2 Å². The second kappa shape index (κ2) is 3.81. The molecular formula is C11H11FN2O. The first-order chi connectivity index (χ1) is 7.22. The molecule has 0 aliphatic carbocycles. The summed E-state index contributed by atoms with van der Waals surface area (Å²) in [6.45, 7) is 2.52. The highest BCUT2D eigenvalue weighted by atomic mass is 19.1. The fraction of sp³-hybridized carbons (Fsp3) is 0.273. The van der Waals surface area contributed by atoms with Crippen LogP contribution in [0.2, 0.25) is 0 Å². The molecule has 0 bridgehead atoms. The minimum atomic E-state index is -0.335. The van der Waals surface area contributed by atoms with Crippen LogP contribution in [0.3, 0.4) is 0 Å². The molecule has 3 nitrogen and oxygen atoms in total. The van der Waals surface area contributed by atoms with E-state index in [1.165, 1.54) is 22.9 Å². The molecule has 15 heavy (non-hydrogen) atoms. The number of halogens is 1. The molecule has 0 aliphatic heterocycles. The lowest BCUT2D eigenvalue weighted by atomic mass is 10.2. The van der Waals surface area contributed by atoms with Crippen LogP contribution in [-0.2, 0) is 6.54 Å². The van der Waals surface area contributed by atoms with Gasteiger partial charge in [0.05, 0.1) is 5.52 Å². The number of fused-ring (bicyclic) bond motifs is 1. The summed E-state index contributed by atoms with van der Waals surface area (Å²) in [6.07, 6.45) is 2.29. The Morgan fingerprint density at radius 1 is 1.47 bits per heavy atom. The van der Waals surface area contributed by atoms with Crippen LogP contribution in [0.4, 0.5) is 4.39 Å². The Morgan fingerprint density at radius 2 is 2.27 bits per heavy atom. The van der Waals surface area contributed by atoms with E-state index in [1.54, 1.807) is 6.07 Å². The molecule has 0 saturated carbocycles. The van der Waals surface area contributed by atoms with Gasteiger partial charge in [0.15, 0.2) is 0 Å². The number of hydrogen-bond donors (Lipinski definition) is 0. The predicted molar refractivity (Wildman–Crippen MR) is 56.3 cm³/mol. The van der Waals surface area contributed by atoms with Gasteiger partial charge in [-0.1, -0.05) is 6.92 Å². The zero-order valence-electron chi connectivity index (χ0n) is 8.40. The van der Waals surface area contributed by atoms with Gasteiger partial charge in [-0.3, -0.25) is 4.57 Å². The summed E-state index contributed by atoms with van der Waals surface area (Å²) < 4.78 is 14.6. The van der Waals surface area contributed by atoms with Crippen LogP contribution in [0.25, 0.3) is 10.9 Å². The number of aryl methyl sites for hydroxylation is 1. The van der Waals surface area contributed by atoms with E-state index in [-0.39, 0.29) is 11.5 Å². The predicted octanol–water partition coefficient (Wildman–Crippen LogP) is 1.95. The SMILES string of the molecule is CCCn1c(=O)ncc2ccc(F)cc21. The van der Waals surface area contributed by atoms with Gasteiger partial charge in [-0.2, -0.15) is 0 Å². The first-order valence-corrected chi connectivity index (χ1v) is 4.87. The summed E-state index contributed by atoms with van der Waals surface area (Å²) in [5.41, 5.74) is 0.284. The smallest absolute Gasteiger partial charge is 0.292 e. The molecule has 2 rings (SSSR count). The monoisotopic (exact) mass is 206 g/mol. The summed E-state index contributed by atoms with van der Waals surface area (Å²) >= 11 is 0. The van der Waals surface area contributed by atoms with E-state index in [0.29, 0.717) is 12.1 Å². The van der Waals surface area contributed by atoms with Crippen LogP contribution in [0.5, 0.6) is 0 Å². The molecule has 4 heteroatoms. The summed E-state index contributed by atoms with van der Waals surface area (Å²) in [6, 6.07) is 4.36. The minimum absolute atomic E-state index is 0.324. The van der Waals surface area contributed by atoms with Gasteiger partial charge in [0.1, 0.15) is 5.82 Å². The summed E-state index contributed by atoms with van der Waals surface area (Å²) in [5, 5.41) is 0.782. The molecule has 0 N–H and O–H groups in total. The van der Waals surface area contributed by atoms with E-state index in [9.17, 15) is 9.18 Å². The number of rotatable bonds is 2. The molecule has 0 fully saturated rings. The second-order valence-electron chi connectivity index (χ2n) is 3.40. The summed E-state index contributed by atoms with van der Waals surface area (Å²) in [7, 11) is 0. The van der Waals surface area contributed by atoms with Crippen molar-refractivity contribution >= 4 is 10.9 Å². The number of hydrogen-bond acceptors (Lipinski definition) is 2. The van der Waals surface area contributed by atoms with Gasteiger partial charge in [0.2, 0.25) is 0 Å². The van der Waals surface area contributed by atoms with Crippen molar-refractivity contribution in [3.05, 3.63) is 40.7 Å². The quantitative estimate of drug-likeness (QED) is 0.752. The van der Waals surface area contributed by atoms with Gasteiger partial charge in [0.25, 0.3) is 0 Å². The molecule has 2 aromatic rings. The van der Waals surface area contributed by atoms with E-state index in [0.717, 1.165) is 11.8 Å². The Balaban J connectivity index is 2.78. The standard InChI is InChI=1S/C11H11FN2O/c1-2-5-14-10-6-9(12)4-3-8(10)7-13-11(14)15/h3-4,6-7H,2,5H2,1H3. The zero-order valence-corrected chi connectivity index (χ0v) is 8.40. The highest BCUT2D eigenvalue weighted by Crippen LogP contribution is 2.12. The zero-order chi connectivity index (χ0) is 10.8. The molecule has 78 valence electrons. The molecule has 1 heterocycles. The fourth-order valence-electron chi connectivity index (χ4n) is 1.60. The van der Waals surface area contributed by atoms with Gasteiger partial charge in [-0.25, -0.2) is 14.2 Å². The highest BCUT2D eigenvalue weighted by Gasteiger charge is 2.03. The maximum Gasteiger partial charge on any atom is 0.348 e. The van der Waals surface area contributed by atoms with Crippen LogP contribution < -0.4 is 5.69 Å². The summed E-state index contributed by atoms with van der Waals surface area (Å²) in [5.74, 6) is -0.335. The maximum absolute atomic E-state index is 13.1. The largest absolute Gasteiger partial charge is 0.348 e. The average Bonchev–Trinajstić information content (AvgIpc) is 2.23. The van der Waals surface area contributed by atoms with Gasteiger partial charge in [-0.05, 0) is 24.6 Å². The van der Waals surface area contributed by atoms with Crippen molar-refractivity contribution in [2.75, 3.05) is 0 Å². The van der Waals surface area contributed by atoms with Crippen molar-refractivity contribution in [3.63, 3.8) is 0 Å². The van der Waals surface area contributed by atoms with Crippen molar-refractivity contribution in [1.29, 1.82) is 0 Å². The lowest BCUT2D eigenvalue weighted by Gasteiger charge is -2.07. The third kappa shape index (κ3) is 1.75. The normalized spacial score (nSPS) is 10.8. The third-order valence-corrected chi connectivity index (χ3v) is 2.28. The van der Waals surface area contributed by atoms with Gasteiger partial charge in [0, 0.05) is 18.1 Å². The molecule has 1 aromatic carbocycles. The van der Waals surface area contributed by atoms with E-state index in [2.05, 4.69) is 4.98 Å². The average molecular weight is 206 g/mol. The number of nitrogens with zero attached hydrogens (tertiary/aromatic N) is 2. The molecule has 0 unspecified atom stereocenters. The van der Waals surface area contributed by atoms with Crippen molar-refractivity contribution in [2.45, 2.75) is 19.9 Å². The molecule has 0 radical (unpaired) electrons. The van der Waals surface area contributed by atoms with Crippen LogP contribution in [-0.4, -0.2) is 9.55 Å². The molecule has 1 aromatic heterocycles. The Kier molecular flexibility index (Phi) is 2.49. The molecule has 0 atom stereocenters. The Labute approximate surface area is 86.2 Å². The number of benzene rings is 1. The number of aromatic nitrogens is 2. The lowest BCUT2D eigenvalue weighted by molar-refractivity contribution is 0.622.